The van der Waals surface area contributed by atoms with E-state index in [1.165, 1.54) is 35.7 Å². The van der Waals surface area contributed by atoms with Crippen LogP contribution in [0.2, 0.25) is 0 Å². The minimum Gasteiger partial charge on any atom is -0.494 e. The fraction of sp³-hybridized carbons (Fsp3) is 0.381. The van der Waals surface area contributed by atoms with Crippen molar-refractivity contribution in [2.24, 2.45) is 5.92 Å². The molecule has 2 aromatic carbocycles. The number of ether oxygens (including phenoxy) is 1. The maximum Gasteiger partial charge on any atom is 0.243 e. The van der Waals surface area contributed by atoms with E-state index in [-0.39, 0.29) is 23.0 Å². The number of carbonyl (C=O) groups is 1. The number of hydrogen-bond acceptors (Lipinski definition) is 4. The van der Waals surface area contributed by atoms with E-state index in [9.17, 15) is 17.6 Å². The zero-order valence-electron chi connectivity index (χ0n) is 16.5. The van der Waals surface area contributed by atoms with Crippen LogP contribution < -0.4 is 10.1 Å². The Morgan fingerprint density at radius 1 is 1.17 bits per heavy atom. The first-order valence-electron chi connectivity index (χ1n) is 9.52. The van der Waals surface area contributed by atoms with Crippen molar-refractivity contribution < 1.29 is 22.3 Å². The number of halogens is 1. The predicted octanol–water partition coefficient (Wildman–Crippen LogP) is 3.44. The van der Waals surface area contributed by atoms with Gasteiger partial charge < -0.3 is 10.1 Å². The van der Waals surface area contributed by atoms with E-state index >= 15 is 0 Å². The molecule has 1 fully saturated rings. The van der Waals surface area contributed by atoms with Gasteiger partial charge in [-0.3, -0.25) is 4.79 Å². The molecule has 156 valence electrons. The average molecular weight is 421 g/mol. The lowest BCUT2D eigenvalue weighted by atomic mass is 10.0. The zero-order chi connectivity index (χ0) is 21.0. The number of methoxy groups -OCH3 is 1. The van der Waals surface area contributed by atoms with E-state index in [0.29, 0.717) is 30.3 Å². The maximum absolute atomic E-state index is 13.7. The Labute approximate surface area is 170 Å². The second-order valence-corrected chi connectivity index (χ2v) is 9.24. The van der Waals surface area contributed by atoms with Crippen molar-refractivity contribution in [1.29, 1.82) is 0 Å². The Bertz CT molecular complexity index is 969. The van der Waals surface area contributed by atoms with Gasteiger partial charge in [-0.05, 0) is 60.7 Å². The predicted molar refractivity (Wildman–Crippen MR) is 109 cm³/mol. The molecule has 2 aromatic rings. The molecule has 0 saturated carbocycles. The molecule has 1 N–H and O–H groups in total. The molecule has 0 bridgehead atoms. The minimum absolute atomic E-state index is 0.00702. The third-order valence-electron chi connectivity index (χ3n) is 5.10. The van der Waals surface area contributed by atoms with Crippen molar-refractivity contribution in [1.82, 2.24) is 4.31 Å². The fourth-order valence-electron chi connectivity index (χ4n) is 3.29. The summed E-state index contributed by atoms with van der Waals surface area (Å²) in [5.41, 5.74) is 0.995. The van der Waals surface area contributed by atoms with Gasteiger partial charge in [0.05, 0.1) is 18.4 Å². The van der Waals surface area contributed by atoms with Crippen LogP contribution in [0.1, 0.15) is 25.3 Å². The van der Waals surface area contributed by atoms with Crippen LogP contribution in [0.4, 0.5) is 10.1 Å². The van der Waals surface area contributed by atoms with Crippen LogP contribution in [0, 0.1) is 11.7 Å². The molecule has 0 radical (unpaired) electrons. The SMILES string of the molecule is COc1ccc(CC(=O)Nc2ccc(S(=O)(=O)N3CCC(C)CC3)cc2)cc1F. The number of benzene rings is 2. The zero-order valence-corrected chi connectivity index (χ0v) is 17.3. The normalized spacial score (nSPS) is 15.8. The molecule has 0 aromatic heterocycles. The van der Waals surface area contributed by atoms with Gasteiger partial charge in [0.2, 0.25) is 15.9 Å². The molecule has 6 nitrogen and oxygen atoms in total. The molecule has 8 heteroatoms. The highest BCUT2D eigenvalue weighted by atomic mass is 32.2. The van der Waals surface area contributed by atoms with E-state index in [1.807, 2.05) is 0 Å². The molecule has 0 atom stereocenters. The van der Waals surface area contributed by atoms with Crippen molar-refractivity contribution in [3.8, 4) is 5.75 Å². The Hall–Kier alpha value is -2.45. The van der Waals surface area contributed by atoms with Crippen molar-refractivity contribution in [3.05, 3.63) is 53.8 Å². The Morgan fingerprint density at radius 2 is 1.83 bits per heavy atom. The van der Waals surface area contributed by atoms with Crippen LogP contribution in [-0.2, 0) is 21.2 Å². The number of nitrogens with zero attached hydrogens (tertiary/aromatic N) is 1. The molecule has 0 spiro atoms. The smallest absolute Gasteiger partial charge is 0.243 e. The van der Waals surface area contributed by atoms with Gasteiger partial charge in [-0.2, -0.15) is 4.31 Å². The summed E-state index contributed by atoms with van der Waals surface area (Å²) in [6.45, 7) is 3.18. The molecule has 1 aliphatic heterocycles. The molecular formula is C21H25FN2O4S. The van der Waals surface area contributed by atoms with E-state index in [0.717, 1.165) is 12.8 Å². The first-order valence-corrected chi connectivity index (χ1v) is 11.0. The number of nitrogens with one attached hydrogen (secondary N) is 1. The van der Waals surface area contributed by atoms with E-state index in [1.54, 1.807) is 18.2 Å². The van der Waals surface area contributed by atoms with Gasteiger partial charge in [-0.1, -0.05) is 13.0 Å². The summed E-state index contributed by atoms with van der Waals surface area (Å²) in [4.78, 5) is 12.4. The highest BCUT2D eigenvalue weighted by molar-refractivity contribution is 7.89. The summed E-state index contributed by atoms with van der Waals surface area (Å²) < 4.78 is 45.6. The number of piperidine rings is 1. The van der Waals surface area contributed by atoms with Gasteiger partial charge in [0.1, 0.15) is 0 Å². The third-order valence-corrected chi connectivity index (χ3v) is 7.01. The van der Waals surface area contributed by atoms with Crippen LogP contribution in [0.3, 0.4) is 0 Å². The van der Waals surface area contributed by atoms with Crippen LogP contribution in [0.5, 0.6) is 5.75 Å². The fourth-order valence-corrected chi connectivity index (χ4v) is 4.76. The van der Waals surface area contributed by atoms with Gasteiger partial charge >= 0.3 is 0 Å². The molecular weight excluding hydrogens is 395 g/mol. The standard InChI is InChI=1S/C21H25FN2O4S/c1-15-9-11-24(12-10-15)29(26,27)18-6-4-17(5-7-18)23-21(25)14-16-3-8-20(28-2)19(22)13-16/h3-8,13,15H,9-12,14H2,1-2H3,(H,23,25). The van der Waals surface area contributed by atoms with Gasteiger partial charge in [0.15, 0.2) is 11.6 Å². The van der Waals surface area contributed by atoms with Gasteiger partial charge in [0, 0.05) is 18.8 Å². The lowest BCUT2D eigenvalue weighted by molar-refractivity contribution is -0.115. The van der Waals surface area contributed by atoms with Crippen LogP contribution in [0.15, 0.2) is 47.4 Å². The van der Waals surface area contributed by atoms with Crippen molar-refractivity contribution in [2.45, 2.75) is 31.1 Å². The second-order valence-electron chi connectivity index (χ2n) is 7.30. The van der Waals surface area contributed by atoms with E-state index in [4.69, 9.17) is 4.74 Å². The molecule has 0 unspecified atom stereocenters. The van der Waals surface area contributed by atoms with Crippen molar-refractivity contribution >= 4 is 21.6 Å². The molecule has 1 aliphatic rings. The summed E-state index contributed by atoms with van der Waals surface area (Å²) >= 11 is 0. The number of amides is 1. The Balaban J connectivity index is 1.62. The monoisotopic (exact) mass is 420 g/mol. The summed E-state index contributed by atoms with van der Waals surface area (Å²) in [6, 6.07) is 10.5. The van der Waals surface area contributed by atoms with Gasteiger partial charge in [0.25, 0.3) is 0 Å². The summed E-state index contributed by atoms with van der Waals surface area (Å²) in [5.74, 6) is -0.193. The average Bonchev–Trinajstić information content (AvgIpc) is 2.69. The first-order chi connectivity index (χ1) is 13.8. The highest BCUT2D eigenvalue weighted by Gasteiger charge is 2.27. The topological polar surface area (TPSA) is 75.7 Å². The lowest BCUT2D eigenvalue weighted by Gasteiger charge is -2.29. The molecule has 29 heavy (non-hydrogen) atoms. The number of carbonyl (C=O) groups excluding carboxylic acids is 1. The molecule has 1 saturated heterocycles. The van der Waals surface area contributed by atoms with E-state index in [2.05, 4.69) is 12.2 Å². The van der Waals surface area contributed by atoms with Crippen LogP contribution in [0.25, 0.3) is 0 Å². The van der Waals surface area contributed by atoms with E-state index < -0.39 is 15.8 Å². The third kappa shape index (κ3) is 5.13. The first kappa shape index (κ1) is 21.3. The summed E-state index contributed by atoms with van der Waals surface area (Å²) in [5, 5.41) is 2.70. The van der Waals surface area contributed by atoms with Crippen LogP contribution in [-0.4, -0.2) is 38.8 Å². The Kier molecular flexibility index (Phi) is 6.54. The lowest BCUT2D eigenvalue weighted by Crippen LogP contribution is -2.37. The quantitative estimate of drug-likeness (QED) is 0.777. The Morgan fingerprint density at radius 3 is 2.41 bits per heavy atom. The summed E-state index contributed by atoms with van der Waals surface area (Å²) in [6.07, 6.45) is 1.71. The molecule has 3 rings (SSSR count). The molecule has 1 heterocycles. The van der Waals surface area contributed by atoms with Crippen molar-refractivity contribution in [3.63, 3.8) is 0 Å². The number of rotatable bonds is 6. The van der Waals surface area contributed by atoms with Gasteiger partial charge in [-0.15, -0.1) is 0 Å². The largest absolute Gasteiger partial charge is 0.494 e. The minimum atomic E-state index is -3.52. The number of hydrogen-bond donors (Lipinski definition) is 1. The maximum atomic E-state index is 13.7. The number of sulfonamides is 1. The van der Waals surface area contributed by atoms with Crippen LogP contribution >= 0.6 is 0 Å². The van der Waals surface area contributed by atoms with Gasteiger partial charge in [-0.25, -0.2) is 12.8 Å². The molecule has 1 amide bonds. The highest BCUT2D eigenvalue weighted by Crippen LogP contribution is 2.24. The summed E-state index contributed by atoms with van der Waals surface area (Å²) in [7, 11) is -2.15. The van der Waals surface area contributed by atoms with Crippen molar-refractivity contribution in [2.75, 3.05) is 25.5 Å². The second kappa shape index (κ2) is 8.92. The number of anilines is 1. The molecule has 0 aliphatic carbocycles.